The lowest BCUT2D eigenvalue weighted by molar-refractivity contribution is 0.559. The Kier molecular flexibility index (Phi) is 2.60. The van der Waals surface area contributed by atoms with Crippen molar-refractivity contribution in [1.29, 1.82) is 0 Å². The van der Waals surface area contributed by atoms with Crippen molar-refractivity contribution in [3.05, 3.63) is 65.1 Å². The zero-order valence-electron chi connectivity index (χ0n) is 11.5. The Morgan fingerprint density at radius 3 is 3.05 bits per heavy atom. The molecule has 1 aliphatic heterocycles. The first-order valence-electron chi connectivity index (χ1n) is 7.07. The summed E-state index contributed by atoms with van der Waals surface area (Å²) in [5, 5.41) is 4.97. The number of rotatable bonds is 1. The highest BCUT2D eigenvalue weighted by Gasteiger charge is 2.25. The van der Waals surface area contributed by atoms with Gasteiger partial charge in [0.15, 0.2) is 0 Å². The van der Waals surface area contributed by atoms with Crippen LogP contribution in [0.1, 0.15) is 28.4 Å². The number of aryl methyl sites for hydroxylation is 1. The molecule has 0 spiro atoms. The van der Waals surface area contributed by atoms with Crippen LogP contribution in [-0.4, -0.2) is 16.5 Å². The van der Waals surface area contributed by atoms with Gasteiger partial charge in [-0.15, -0.1) is 0 Å². The summed E-state index contributed by atoms with van der Waals surface area (Å²) in [6, 6.07) is 11.0. The molecule has 0 bridgehead atoms. The molecule has 2 aromatic heterocycles. The minimum absolute atomic E-state index is 0.222. The maximum Gasteiger partial charge on any atom is 0.0747 e. The number of pyridine rings is 1. The van der Waals surface area contributed by atoms with E-state index >= 15 is 0 Å². The molecule has 3 heterocycles. The van der Waals surface area contributed by atoms with Gasteiger partial charge in [0.2, 0.25) is 0 Å². The van der Waals surface area contributed by atoms with Crippen molar-refractivity contribution in [3.63, 3.8) is 0 Å². The van der Waals surface area contributed by atoms with Crippen molar-refractivity contribution >= 4 is 10.9 Å². The fourth-order valence-electron chi connectivity index (χ4n) is 3.17. The third-order valence-corrected chi connectivity index (χ3v) is 4.12. The third kappa shape index (κ3) is 1.74. The van der Waals surface area contributed by atoms with Crippen LogP contribution >= 0.6 is 0 Å². The molecular formula is C17H17N3. The lowest BCUT2D eigenvalue weighted by Gasteiger charge is -2.24. The van der Waals surface area contributed by atoms with Crippen molar-refractivity contribution in [2.24, 2.45) is 0 Å². The minimum Gasteiger partial charge on any atom is -0.357 e. The molecule has 0 fully saturated rings. The SMILES string of the molecule is Cc1ccc2[nH]c3c(c2c1)CCNC3c1cccnc1. The molecule has 2 N–H and O–H groups in total. The molecule has 1 unspecified atom stereocenters. The quantitative estimate of drug-likeness (QED) is 0.708. The van der Waals surface area contributed by atoms with Crippen LogP contribution in [0.3, 0.4) is 0 Å². The fraction of sp³-hybridized carbons (Fsp3) is 0.235. The van der Waals surface area contributed by atoms with Gasteiger partial charge in [-0.25, -0.2) is 0 Å². The van der Waals surface area contributed by atoms with E-state index in [-0.39, 0.29) is 6.04 Å². The molecule has 1 atom stereocenters. The van der Waals surface area contributed by atoms with Gasteiger partial charge in [0.25, 0.3) is 0 Å². The first-order chi connectivity index (χ1) is 9.83. The van der Waals surface area contributed by atoms with E-state index in [0.29, 0.717) is 0 Å². The van der Waals surface area contributed by atoms with Gasteiger partial charge in [-0.3, -0.25) is 4.98 Å². The molecule has 3 aromatic rings. The van der Waals surface area contributed by atoms with Crippen LogP contribution in [0.15, 0.2) is 42.7 Å². The second kappa shape index (κ2) is 4.46. The van der Waals surface area contributed by atoms with Crippen LogP contribution in [0.2, 0.25) is 0 Å². The summed E-state index contributed by atoms with van der Waals surface area (Å²) in [7, 11) is 0. The van der Waals surface area contributed by atoms with Gasteiger partial charge in [-0.1, -0.05) is 17.7 Å². The molecule has 0 aliphatic carbocycles. The zero-order valence-corrected chi connectivity index (χ0v) is 11.5. The van der Waals surface area contributed by atoms with Crippen LogP contribution in [-0.2, 0) is 6.42 Å². The molecule has 0 amide bonds. The van der Waals surface area contributed by atoms with Crippen LogP contribution < -0.4 is 5.32 Å². The Hall–Kier alpha value is -2.13. The Balaban J connectivity index is 1.91. The van der Waals surface area contributed by atoms with Crippen LogP contribution in [0.5, 0.6) is 0 Å². The molecule has 3 heteroatoms. The van der Waals surface area contributed by atoms with E-state index in [4.69, 9.17) is 0 Å². The van der Waals surface area contributed by atoms with E-state index < -0.39 is 0 Å². The standard InChI is InChI=1S/C17H17N3/c1-11-4-5-15-14(9-11)13-6-8-19-16(17(13)20-15)12-3-2-7-18-10-12/h2-5,7,9-10,16,19-20H,6,8H2,1H3. The first-order valence-corrected chi connectivity index (χ1v) is 7.07. The van der Waals surface area contributed by atoms with Crippen LogP contribution in [0.4, 0.5) is 0 Å². The van der Waals surface area contributed by atoms with E-state index in [0.717, 1.165) is 13.0 Å². The highest BCUT2D eigenvalue weighted by molar-refractivity contribution is 5.86. The highest BCUT2D eigenvalue weighted by Crippen LogP contribution is 2.33. The van der Waals surface area contributed by atoms with E-state index in [1.165, 1.54) is 33.3 Å². The van der Waals surface area contributed by atoms with Gasteiger partial charge in [-0.2, -0.15) is 0 Å². The average Bonchev–Trinajstić information content (AvgIpc) is 2.86. The Morgan fingerprint density at radius 2 is 2.20 bits per heavy atom. The summed E-state index contributed by atoms with van der Waals surface area (Å²) in [5.74, 6) is 0. The number of aromatic nitrogens is 2. The molecular weight excluding hydrogens is 246 g/mol. The normalized spacial score (nSPS) is 18.1. The Bertz CT molecular complexity index is 759. The smallest absolute Gasteiger partial charge is 0.0747 e. The topological polar surface area (TPSA) is 40.7 Å². The van der Waals surface area contributed by atoms with Crippen molar-refractivity contribution in [2.45, 2.75) is 19.4 Å². The van der Waals surface area contributed by atoms with E-state index in [1.54, 1.807) is 0 Å². The summed E-state index contributed by atoms with van der Waals surface area (Å²) in [5.41, 5.74) is 6.52. The summed E-state index contributed by atoms with van der Waals surface area (Å²) in [6.45, 7) is 3.16. The second-order valence-electron chi connectivity index (χ2n) is 5.49. The number of aromatic amines is 1. The lowest BCUT2D eigenvalue weighted by Crippen LogP contribution is -2.30. The summed E-state index contributed by atoms with van der Waals surface area (Å²) in [4.78, 5) is 7.85. The van der Waals surface area contributed by atoms with Crippen LogP contribution in [0, 0.1) is 6.92 Å². The van der Waals surface area contributed by atoms with Gasteiger partial charge < -0.3 is 10.3 Å². The maximum absolute atomic E-state index is 4.25. The molecule has 0 saturated carbocycles. The van der Waals surface area contributed by atoms with Gasteiger partial charge in [0.05, 0.1) is 6.04 Å². The monoisotopic (exact) mass is 263 g/mol. The number of benzene rings is 1. The zero-order chi connectivity index (χ0) is 13.5. The molecule has 0 saturated heterocycles. The molecule has 3 nitrogen and oxygen atoms in total. The molecule has 100 valence electrons. The maximum atomic E-state index is 4.25. The van der Waals surface area contributed by atoms with Crippen molar-refractivity contribution < 1.29 is 0 Å². The largest absolute Gasteiger partial charge is 0.357 e. The van der Waals surface area contributed by atoms with Gasteiger partial charge in [0.1, 0.15) is 0 Å². The van der Waals surface area contributed by atoms with Crippen molar-refractivity contribution in [1.82, 2.24) is 15.3 Å². The Morgan fingerprint density at radius 1 is 1.25 bits per heavy atom. The summed E-state index contributed by atoms with van der Waals surface area (Å²) >= 11 is 0. The first kappa shape index (κ1) is 11.7. The predicted octanol–water partition coefficient (Wildman–Crippen LogP) is 3.11. The number of fused-ring (bicyclic) bond motifs is 3. The molecule has 1 aromatic carbocycles. The summed E-state index contributed by atoms with van der Waals surface area (Å²) < 4.78 is 0. The number of hydrogen-bond donors (Lipinski definition) is 2. The number of nitrogens with zero attached hydrogens (tertiary/aromatic N) is 1. The summed E-state index contributed by atoms with van der Waals surface area (Å²) in [6.07, 6.45) is 4.85. The second-order valence-corrected chi connectivity index (χ2v) is 5.49. The Labute approximate surface area is 118 Å². The number of nitrogens with one attached hydrogen (secondary N) is 2. The van der Waals surface area contributed by atoms with Crippen molar-refractivity contribution in [2.75, 3.05) is 6.54 Å². The number of hydrogen-bond acceptors (Lipinski definition) is 2. The average molecular weight is 263 g/mol. The third-order valence-electron chi connectivity index (χ3n) is 4.12. The van der Waals surface area contributed by atoms with E-state index in [2.05, 4.69) is 46.5 Å². The van der Waals surface area contributed by atoms with Crippen molar-refractivity contribution in [3.8, 4) is 0 Å². The predicted molar refractivity (Wildman–Crippen MR) is 80.8 cm³/mol. The number of H-pyrrole nitrogens is 1. The van der Waals surface area contributed by atoms with Crippen LogP contribution in [0.25, 0.3) is 10.9 Å². The van der Waals surface area contributed by atoms with Gasteiger partial charge in [0, 0.05) is 35.5 Å². The minimum atomic E-state index is 0.222. The van der Waals surface area contributed by atoms with E-state index in [9.17, 15) is 0 Å². The lowest BCUT2D eigenvalue weighted by atomic mass is 9.95. The van der Waals surface area contributed by atoms with Gasteiger partial charge >= 0.3 is 0 Å². The van der Waals surface area contributed by atoms with E-state index in [1.807, 2.05) is 18.5 Å². The fourth-order valence-corrected chi connectivity index (χ4v) is 3.17. The molecule has 4 rings (SSSR count). The molecule has 0 radical (unpaired) electrons. The molecule has 20 heavy (non-hydrogen) atoms. The van der Waals surface area contributed by atoms with Gasteiger partial charge in [-0.05, 0) is 42.7 Å². The highest BCUT2D eigenvalue weighted by atomic mass is 15.0. The molecule has 1 aliphatic rings.